The highest BCUT2D eigenvalue weighted by atomic mass is 32.7. The van der Waals surface area contributed by atoms with E-state index in [0.717, 1.165) is 0 Å². The Bertz CT molecular complexity index is 169. The lowest BCUT2D eigenvalue weighted by Gasteiger charge is -1.93. The summed E-state index contributed by atoms with van der Waals surface area (Å²) in [5, 5.41) is 7.12. The predicted octanol–water partition coefficient (Wildman–Crippen LogP) is 1.85. The van der Waals surface area contributed by atoms with Crippen molar-refractivity contribution in [1.29, 1.82) is 0 Å². The van der Waals surface area contributed by atoms with E-state index in [1.807, 2.05) is 0 Å². The predicted molar refractivity (Wildman–Crippen MR) is 37.3 cm³/mol. The molecule has 0 rings (SSSR count). The summed E-state index contributed by atoms with van der Waals surface area (Å²) in [6.07, 6.45) is -5.08. The van der Waals surface area contributed by atoms with Crippen molar-refractivity contribution in [2.24, 2.45) is 0 Å². The van der Waals surface area contributed by atoms with Crippen LogP contribution < -0.4 is 0 Å². The van der Waals surface area contributed by atoms with Crippen molar-refractivity contribution in [3.63, 3.8) is 0 Å². The van der Waals surface area contributed by atoms with Crippen LogP contribution in [0.1, 0.15) is 0 Å². The highest BCUT2D eigenvalue weighted by molar-refractivity contribution is 8.39. The van der Waals surface area contributed by atoms with Crippen molar-refractivity contribution in [1.82, 2.24) is 0 Å². The minimum atomic E-state index is -5.08. The number of carboxylic acids is 1. The van der Waals surface area contributed by atoms with E-state index in [-0.39, 0.29) is 0 Å². The van der Waals surface area contributed by atoms with Crippen LogP contribution in [0.15, 0.2) is 0 Å². The fraction of sp³-hybridized carbons (Fsp3) is 0.667. The zero-order valence-electron chi connectivity index (χ0n) is 5.70. The highest BCUT2D eigenvalue weighted by Gasteiger charge is 2.38. The van der Waals surface area contributed by atoms with Gasteiger partial charge in [0.25, 0.3) is 0 Å². The monoisotopic (exact) mass is 225 g/mol. The van der Waals surface area contributed by atoms with Crippen molar-refractivity contribution >= 4 is 25.4 Å². The minimum Gasteiger partial charge on any atom is -0.475 e. The average Bonchev–Trinajstić information content (AvgIpc) is 1.87. The second-order valence-electron chi connectivity index (χ2n) is 1.22. The molecule has 0 fully saturated rings. The molecule has 0 aromatic heterocycles. The van der Waals surface area contributed by atoms with Gasteiger partial charge >= 0.3 is 19.4 Å². The number of halogens is 3. The van der Waals surface area contributed by atoms with Crippen LogP contribution in [0.2, 0.25) is 0 Å². The number of hydrogen-bond acceptors (Lipinski definition) is 3. The number of alkyl halides is 3. The first-order chi connectivity index (χ1) is 5.21. The van der Waals surface area contributed by atoms with Crippen LogP contribution in [0.3, 0.4) is 0 Å². The summed E-state index contributed by atoms with van der Waals surface area (Å²) in [5.41, 5.74) is 0. The largest absolute Gasteiger partial charge is 0.581 e. The van der Waals surface area contributed by atoms with Gasteiger partial charge in [-0.3, -0.25) is 0 Å². The molecule has 1 N–H and O–H groups in total. The molecule has 0 aliphatic heterocycles. The summed E-state index contributed by atoms with van der Waals surface area (Å²) < 4.78 is 45.5. The summed E-state index contributed by atoms with van der Waals surface area (Å²) in [5.74, 6) is -2.76. The first-order valence-corrected chi connectivity index (χ1v) is 4.55. The average molecular weight is 225 g/mol. The van der Waals surface area contributed by atoms with Crippen LogP contribution in [0, 0.1) is 0 Å². The van der Waals surface area contributed by atoms with Crippen molar-refractivity contribution in [2.75, 3.05) is 7.11 Å². The molecule has 12 heavy (non-hydrogen) atoms. The van der Waals surface area contributed by atoms with Gasteiger partial charge in [-0.25, -0.2) is 4.79 Å². The molecule has 0 aliphatic carbocycles. The van der Waals surface area contributed by atoms with Gasteiger partial charge in [-0.15, -0.1) is 4.52 Å². The normalized spacial score (nSPS) is 11.2. The van der Waals surface area contributed by atoms with E-state index in [9.17, 15) is 17.7 Å². The molecule has 4 nitrogen and oxygen atoms in total. The van der Waals surface area contributed by atoms with Gasteiger partial charge < -0.3 is 5.11 Å². The zero-order chi connectivity index (χ0) is 10.4. The molecule has 0 aromatic rings. The van der Waals surface area contributed by atoms with Gasteiger partial charge in [0.2, 0.25) is 0 Å². The maximum absolute atomic E-state index is 10.6. The molecule has 0 spiro atoms. The fourth-order valence-corrected chi connectivity index (χ4v) is 0. The summed E-state index contributed by atoms with van der Waals surface area (Å²) in [4.78, 5) is 8.90. The van der Waals surface area contributed by atoms with Crippen LogP contribution in [-0.2, 0) is 13.9 Å². The molecule has 1 unspecified atom stereocenters. The third-order valence-electron chi connectivity index (χ3n) is 0.399. The molecule has 0 heterocycles. The van der Waals surface area contributed by atoms with Crippen LogP contribution in [-0.4, -0.2) is 24.4 Å². The Labute approximate surface area is 71.7 Å². The van der Waals surface area contributed by atoms with E-state index in [2.05, 4.69) is 16.8 Å². The molecule has 0 aliphatic rings. The zero-order valence-corrected chi connectivity index (χ0v) is 7.49. The van der Waals surface area contributed by atoms with Crippen LogP contribution in [0.25, 0.3) is 0 Å². The molecule has 72 valence electrons. The van der Waals surface area contributed by atoms with Gasteiger partial charge in [0.15, 0.2) is 0 Å². The Balaban J connectivity index is 0. The first-order valence-electron chi connectivity index (χ1n) is 2.22. The van der Waals surface area contributed by atoms with E-state index in [1.54, 1.807) is 0 Å². The topological polar surface area (TPSA) is 63.6 Å². The molecule has 0 saturated heterocycles. The molecule has 1 atom stereocenters. The van der Waals surface area contributed by atoms with Gasteiger partial charge in [-0.05, 0) is 4.57 Å². The summed E-state index contributed by atoms with van der Waals surface area (Å²) >= 11 is 3.39. The van der Waals surface area contributed by atoms with Crippen molar-refractivity contribution in [2.45, 2.75) is 6.18 Å². The molecule has 0 saturated carbocycles. The third kappa shape index (κ3) is 12.4. The van der Waals surface area contributed by atoms with E-state index in [0.29, 0.717) is 0 Å². The molecule has 0 amide bonds. The molecule has 0 aromatic carbocycles. The van der Waals surface area contributed by atoms with E-state index in [1.165, 1.54) is 7.11 Å². The smallest absolute Gasteiger partial charge is 0.475 e. The minimum absolute atomic E-state index is 1.34. The van der Waals surface area contributed by atoms with Crippen molar-refractivity contribution in [3.8, 4) is 0 Å². The maximum atomic E-state index is 10.6. The number of carbonyl (C=O) groups is 1. The van der Waals surface area contributed by atoms with Crippen LogP contribution in [0.4, 0.5) is 13.2 Å². The third-order valence-corrected chi connectivity index (χ3v) is 1.20. The Morgan fingerprint density at radius 2 is 1.75 bits per heavy atom. The van der Waals surface area contributed by atoms with Gasteiger partial charge in [-0.2, -0.15) is 13.2 Å². The van der Waals surface area contributed by atoms with E-state index < -0.39 is 19.4 Å². The quantitative estimate of drug-likeness (QED) is 0.528. The Kier molecular flexibility index (Phi) is 7.36. The van der Waals surface area contributed by atoms with Crippen molar-refractivity contribution < 1.29 is 32.2 Å². The summed E-state index contributed by atoms with van der Waals surface area (Å²) in [6, 6.07) is 0. The number of rotatable bonds is 1. The maximum Gasteiger partial charge on any atom is 0.581 e. The number of thiol groups is 1. The van der Waals surface area contributed by atoms with Gasteiger partial charge in [0.1, 0.15) is 12.2 Å². The lowest BCUT2D eigenvalue weighted by Crippen LogP contribution is -2.21. The molecule has 9 heteroatoms. The summed E-state index contributed by atoms with van der Waals surface area (Å²) in [6.45, 7) is 0. The van der Waals surface area contributed by atoms with Gasteiger partial charge in [-0.1, -0.05) is 0 Å². The Morgan fingerprint density at radius 1 is 1.58 bits per heavy atom. The van der Waals surface area contributed by atoms with E-state index >= 15 is 0 Å². The molecule has 0 radical (unpaired) electrons. The number of carboxylic acid groups (broad SMARTS) is 1. The second kappa shape index (κ2) is 6.22. The van der Waals surface area contributed by atoms with Crippen molar-refractivity contribution in [3.05, 3.63) is 0 Å². The Morgan fingerprint density at radius 3 is 1.75 bits per heavy atom. The second-order valence-corrected chi connectivity index (χ2v) is 3.04. The van der Waals surface area contributed by atoms with Gasteiger partial charge in [0, 0.05) is 0 Å². The molecular formula is C3H5F3O4PS+. The fourth-order valence-electron chi connectivity index (χ4n) is 0. The Hall–Kier alpha value is -0.330. The SMILES string of the molecule is CO[P+](=O)S.O=C(O)C(F)(F)F. The standard InChI is InChI=1S/C2HF3O2.CH3O2PS/c3-2(4,5)1(6)7;1-3-4(2)5/h(H,6,7);1H3/p+1. The lowest BCUT2D eigenvalue weighted by molar-refractivity contribution is -0.192. The lowest BCUT2D eigenvalue weighted by atomic mass is 10.7. The molecular weight excluding hydrogens is 220 g/mol. The highest BCUT2D eigenvalue weighted by Crippen LogP contribution is 2.23. The van der Waals surface area contributed by atoms with Crippen LogP contribution in [0.5, 0.6) is 0 Å². The summed E-state index contributed by atoms with van der Waals surface area (Å²) in [7, 11) is -0.315. The van der Waals surface area contributed by atoms with E-state index in [4.69, 9.17) is 9.90 Å². The number of aliphatic carboxylic acids is 1. The van der Waals surface area contributed by atoms with Gasteiger partial charge in [0.05, 0.1) is 7.11 Å². The van der Waals surface area contributed by atoms with Crippen LogP contribution >= 0.6 is 19.5 Å². The first kappa shape index (κ1) is 14.2. The molecule has 0 bridgehead atoms. The number of hydrogen-bond donors (Lipinski definition) is 2.